The Hall–Kier alpha value is -4.14. The Morgan fingerprint density at radius 1 is 0.927 bits per heavy atom. The summed E-state index contributed by atoms with van der Waals surface area (Å²) >= 11 is 0. The normalized spacial score (nSPS) is 21.0. The molecule has 9 nitrogen and oxygen atoms in total. The predicted octanol–water partition coefficient (Wildman–Crippen LogP) is 4.44. The van der Waals surface area contributed by atoms with Gasteiger partial charge >= 0.3 is 0 Å². The van der Waals surface area contributed by atoms with Crippen molar-refractivity contribution in [2.24, 2.45) is 22.7 Å². The van der Waals surface area contributed by atoms with Crippen LogP contribution in [0.3, 0.4) is 0 Å². The molecular weight excluding hydrogens is 520 g/mol. The maximum absolute atomic E-state index is 13.7. The van der Waals surface area contributed by atoms with Crippen molar-refractivity contribution in [3.05, 3.63) is 59.7 Å². The SMILES string of the molecule is COc1cc(-c2cc(C3=NN(C4CCCCCC4)C(=O)[C@@H]4CC=CC[C@H]34)ccc2OC)ccc1C(=O)NCC(N)=O. The highest BCUT2D eigenvalue weighted by molar-refractivity contribution is 6.08. The van der Waals surface area contributed by atoms with Crippen molar-refractivity contribution in [3.8, 4) is 22.6 Å². The number of nitrogens with zero attached hydrogens (tertiary/aromatic N) is 2. The van der Waals surface area contributed by atoms with Crippen LogP contribution in [-0.2, 0) is 9.59 Å². The number of nitrogens with two attached hydrogens (primary N) is 1. The first-order valence-corrected chi connectivity index (χ1v) is 14.4. The van der Waals surface area contributed by atoms with Crippen molar-refractivity contribution in [2.45, 2.75) is 57.4 Å². The summed E-state index contributed by atoms with van der Waals surface area (Å²) < 4.78 is 11.3. The second-order valence-corrected chi connectivity index (χ2v) is 10.9. The first-order chi connectivity index (χ1) is 19.9. The summed E-state index contributed by atoms with van der Waals surface area (Å²) in [4.78, 5) is 37.4. The van der Waals surface area contributed by atoms with Gasteiger partial charge in [-0.25, -0.2) is 5.01 Å². The van der Waals surface area contributed by atoms with E-state index in [1.54, 1.807) is 19.2 Å². The fraction of sp³-hybridized carbons (Fsp3) is 0.438. The van der Waals surface area contributed by atoms with Crippen molar-refractivity contribution < 1.29 is 23.9 Å². The fourth-order valence-corrected chi connectivity index (χ4v) is 6.24. The Balaban J connectivity index is 1.54. The first-order valence-electron chi connectivity index (χ1n) is 14.4. The van der Waals surface area contributed by atoms with Gasteiger partial charge in [0.25, 0.3) is 5.91 Å². The molecule has 0 saturated heterocycles. The average molecular weight is 559 g/mol. The predicted molar refractivity (Wildman–Crippen MR) is 157 cm³/mol. The zero-order valence-corrected chi connectivity index (χ0v) is 23.7. The topological polar surface area (TPSA) is 123 Å². The first kappa shape index (κ1) is 28.4. The molecule has 1 saturated carbocycles. The molecule has 2 aliphatic carbocycles. The Labute approximate surface area is 240 Å². The molecule has 1 heterocycles. The van der Waals surface area contributed by atoms with Crippen molar-refractivity contribution in [3.63, 3.8) is 0 Å². The molecule has 3 N–H and O–H groups in total. The van der Waals surface area contributed by atoms with E-state index in [4.69, 9.17) is 20.3 Å². The van der Waals surface area contributed by atoms with Crippen LogP contribution in [0.1, 0.15) is 67.3 Å². The van der Waals surface area contributed by atoms with Gasteiger partial charge in [0.15, 0.2) is 0 Å². The van der Waals surface area contributed by atoms with Gasteiger partial charge in [-0.2, -0.15) is 5.10 Å². The lowest BCUT2D eigenvalue weighted by molar-refractivity contribution is -0.140. The molecule has 2 aromatic carbocycles. The second kappa shape index (κ2) is 12.6. The zero-order chi connectivity index (χ0) is 28.9. The van der Waals surface area contributed by atoms with Crippen LogP contribution in [0.15, 0.2) is 53.7 Å². The summed E-state index contributed by atoms with van der Waals surface area (Å²) in [5, 5.41) is 9.40. The van der Waals surface area contributed by atoms with Crippen LogP contribution >= 0.6 is 0 Å². The number of primary amides is 1. The van der Waals surface area contributed by atoms with Crippen LogP contribution in [0, 0.1) is 11.8 Å². The van der Waals surface area contributed by atoms with Gasteiger partial charge in [-0.05, 0) is 67.1 Å². The van der Waals surface area contributed by atoms with Gasteiger partial charge in [0, 0.05) is 11.5 Å². The summed E-state index contributed by atoms with van der Waals surface area (Å²) in [6.45, 7) is -0.264. The van der Waals surface area contributed by atoms with Crippen LogP contribution in [0.25, 0.3) is 11.1 Å². The molecule has 9 heteroatoms. The number of carbonyl (C=O) groups excluding carboxylic acids is 3. The van der Waals surface area contributed by atoms with Gasteiger partial charge in [-0.3, -0.25) is 14.4 Å². The number of rotatable bonds is 8. The van der Waals surface area contributed by atoms with E-state index in [0.717, 1.165) is 60.9 Å². The van der Waals surface area contributed by atoms with Gasteiger partial charge in [0.2, 0.25) is 11.8 Å². The molecule has 3 amide bonds. The molecule has 216 valence electrons. The second-order valence-electron chi connectivity index (χ2n) is 10.9. The molecule has 2 atom stereocenters. The molecule has 0 bridgehead atoms. The lowest BCUT2D eigenvalue weighted by atomic mass is 9.76. The lowest BCUT2D eigenvalue weighted by Crippen LogP contribution is -2.49. The highest BCUT2D eigenvalue weighted by Crippen LogP contribution is 2.40. The highest BCUT2D eigenvalue weighted by atomic mass is 16.5. The third kappa shape index (κ3) is 5.99. The Kier molecular flexibility index (Phi) is 8.71. The van der Waals surface area contributed by atoms with E-state index in [2.05, 4.69) is 23.5 Å². The fourth-order valence-electron chi connectivity index (χ4n) is 6.24. The Morgan fingerprint density at radius 3 is 2.29 bits per heavy atom. The number of amides is 3. The van der Waals surface area contributed by atoms with Crippen LogP contribution in [0.4, 0.5) is 0 Å². The minimum Gasteiger partial charge on any atom is -0.496 e. The molecule has 3 aliphatic rings. The zero-order valence-electron chi connectivity index (χ0n) is 23.7. The minimum atomic E-state index is -0.629. The van der Waals surface area contributed by atoms with Crippen LogP contribution in [0.5, 0.6) is 11.5 Å². The van der Waals surface area contributed by atoms with Gasteiger partial charge < -0.3 is 20.5 Å². The monoisotopic (exact) mass is 558 g/mol. The molecule has 41 heavy (non-hydrogen) atoms. The smallest absolute Gasteiger partial charge is 0.255 e. The molecule has 2 aromatic rings. The summed E-state index contributed by atoms with van der Waals surface area (Å²) in [5.41, 5.74) is 8.94. The highest BCUT2D eigenvalue weighted by Gasteiger charge is 2.42. The molecule has 0 radical (unpaired) electrons. The molecule has 0 spiro atoms. The minimum absolute atomic E-state index is 0.0154. The molecule has 1 aliphatic heterocycles. The lowest BCUT2D eigenvalue weighted by Gasteiger charge is -2.40. The van der Waals surface area contributed by atoms with Crippen molar-refractivity contribution in [1.82, 2.24) is 10.3 Å². The maximum Gasteiger partial charge on any atom is 0.255 e. The third-order valence-electron chi connectivity index (χ3n) is 8.39. The number of fused-ring (bicyclic) bond motifs is 1. The van der Waals surface area contributed by atoms with E-state index in [1.807, 2.05) is 23.2 Å². The van der Waals surface area contributed by atoms with Gasteiger partial charge in [0.1, 0.15) is 11.5 Å². The number of hydrogen-bond donors (Lipinski definition) is 2. The van der Waals surface area contributed by atoms with Gasteiger partial charge in [0.05, 0.1) is 44.0 Å². The molecule has 5 rings (SSSR count). The molecule has 1 fully saturated rings. The largest absolute Gasteiger partial charge is 0.496 e. The van der Waals surface area contributed by atoms with E-state index in [9.17, 15) is 14.4 Å². The number of nitrogens with one attached hydrogen (secondary N) is 1. The van der Waals surface area contributed by atoms with Gasteiger partial charge in [-0.1, -0.05) is 43.9 Å². The number of hydrogen-bond acceptors (Lipinski definition) is 6. The van der Waals surface area contributed by atoms with E-state index < -0.39 is 11.8 Å². The summed E-state index contributed by atoms with van der Waals surface area (Å²) in [6, 6.07) is 11.4. The molecule has 0 unspecified atom stereocenters. The number of ether oxygens (including phenoxy) is 2. The van der Waals surface area contributed by atoms with Crippen molar-refractivity contribution in [1.29, 1.82) is 0 Å². The number of allylic oxidation sites excluding steroid dienone is 2. The Morgan fingerprint density at radius 2 is 1.61 bits per heavy atom. The van der Waals surface area contributed by atoms with Crippen molar-refractivity contribution in [2.75, 3.05) is 20.8 Å². The standard InChI is InChI=1S/C32H38N4O5/c1-40-27-16-14-21(17-26(27)20-13-15-25(28(18-20)41-2)31(38)34-19-29(33)37)30-23-11-7-8-12-24(23)32(39)36(35-30)22-9-5-3-4-6-10-22/h7-8,13-18,22-24H,3-6,9-12,19H2,1-2H3,(H2,33,37)(H,34,38)/t23-,24+/m0/s1. The number of hydrazone groups is 1. The summed E-state index contributed by atoms with van der Waals surface area (Å²) in [6.07, 6.45) is 12.4. The quantitative estimate of drug-likeness (QED) is 0.366. The van der Waals surface area contributed by atoms with Crippen molar-refractivity contribution >= 4 is 23.4 Å². The maximum atomic E-state index is 13.7. The number of carbonyl (C=O) groups is 3. The molecule has 0 aromatic heterocycles. The van der Waals surface area contributed by atoms with Crippen LogP contribution in [0.2, 0.25) is 0 Å². The summed E-state index contributed by atoms with van der Waals surface area (Å²) in [7, 11) is 3.11. The van der Waals surface area contributed by atoms with Crippen LogP contribution < -0.4 is 20.5 Å². The Bertz CT molecular complexity index is 1380. The third-order valence-corrected chi connectivity index (χ3v) is 8.39. The molecular formula is C32H38N4O5. The van der Waals surface area contributed by atoms with E-state index >= 15 is 0 Å². The van der Waals surface area contributed by atoms with E-state index in [0.29, 0.717) is 17.1 Å². The van der Waals surface area contributed by atoms with E-state index in [-0.39, 0.29) is 30.3 Å². The average Bonchev–Trinajstić information content (AvgIpc) is 3.29. The van der Waals surface area contributed by atoms with Crippen LogP contribution in [-0.4, -0.2) is 55.2 Å². The summed E-state index contributed by atoms with van der Waals surface area (Å²) in [5.74, 6) is -0.00958. The van der Waals surface area contributed by atoms with E-state index in [1.165, 1.54) is 20.0 Å². The number of methoxy groups -OCH3 is 2. The van der Waals surface area contributed by atoms with Gasteiger partial charge in [-0.15, -0.1) is 0 Å². The number of benzene rings is 2.